The van der Waals surface area contributed by atoms with Crippen molar-refractivity contribution in [3.8, 4) is 0 Å². The first-order valence-electron chi connectivity index (χ1n) is 12.3. The highest BCUT2D eigenvalue weighted by molar-refractivity contribution is 7.90. The molecule has 0 unspecified atom stereocenters. The fraction of sp³-hybridized carbons (Fsp3) is 0.481. The van der Waals surface area contributed by atoms with Crippen LogP contribution in [0.4, 0.5) is 5.69 Å². The average molecular weight is 517 g/mol. The maximum atomic E-state index is 13.8. The molecule has 0 aliphatic rings. The maximum Gasteiger partial charge on any atom is 0.304 e. The molecule has 1 atom stereocenters. The lowest BCUT2D eigenvalue weighted by Crippen LogP contribution is -2.55. The summed E-state index contributed by atoms with van der Waals surface area (Å²) in [6.45, 7) is 9.16. The van der Waals surface area contributed by atoms with E-state index in [9.17, 15) is 18.0 Å². The second-order valence-electron chi connectivity index (χ2n) is 9.50. The Kier molecular flexibility index (Phi) is 10.5. The Bertz CT molecular complexity index is 1130. The van der Waals surface area contributed by atoms with Gasteiger partial charge in [-0.05, 0) is 63.3 Å². The summed E-state index contributed by atoms with van der Waals surface area (Å²) < 4.78 is 28.9. The molecular formula is C27H40N4O4S. The lowest BCUT2D eigenvalue weighted by atomic mass is 10.1. The normalized spacial score (nSPS) is 12.5. The number of nitrogens with one attached hydrogen (secondary N) is 1. The molecular weight excluding hydrogens is 476 g/mol. The monoisotopic (exact) mass is 516 g/mol. The molecule has 0 heterocycles. The number of benzene rings is 2. The third-order valence-corrected chi connectivity index (χ3v) is 7.76. The highest BCUT2D eigenvalue weighted by atomic mass is 32.2. The molecule has 2 amide bonds. The third kappa shape index (κ3) is 7.54. The van der Waals surface area contributed by atoms with Gasteiger partial charge in [-0.3, -0.25) is 9.59 Å². The highest BCUT2D eigenvalue weighted by Gasteiger charge is 2.34. The molecule has 0 spiro atoms. The zero-order valence-electron chi connectivity index (χ0n) is 22.5. The van der Waals surface area contributed by atoms with E-state index in [0.717, 1.165) is 25.3 Å². The van der Waals surface area contributed by atoms with Crippen LogP contribution in [-0.2, 0) is 26.2 Å². The van der Waals surface area contributed by atoms with Gasteiger partial charge in [0.1, 0.15) is 12.6 Å². The number of hydrogen-bond donors (Lipinski definition) is 1. The minimum atomic E-state index is -3.98. The molecule has 2 aromatic rings. The van der Waals surface area contributed by atoms with Crippen LogP contribution in [0, 0.1) is 13.8 Å². The van der Waals surface area contributed by atoms with Gasteiger partial charge >= 0.3 is 10.2 Å². The van der Waals surface area contributed by atoms with E-state index in [1.54, 1.807) is 6.07 Å². The Morgan fingerprint density at radius 1 is 1.00 bits per heavy atom. The largest absolute Gasteiger partial charge is 0.352 e. The van der Waals surface area contributed by atoms with Crippen LogP contribution in [0.3, 0.4) is 0 Å². The second-order valence-corrected chi connectivity index (χ2v) is 11.6. The van der Waals surface area contributed by atoms with Gasteiger partial charge in [-0.1, -0.05) is 49.4 Å². The molecule has 9 heteroatoms. The van der Waals surface area contributed by atoms with E-state index in [1.165, 1.54) is 19.0 Å². The molecule has 0 radical (unpaired) electrons. The minimum absolute atomic E-state index is 0.0850. The third-order valence-electron chi connectivity index (χ3n) is 5.95. The molecule has 0 aliphatic heterocycles. The zero-order valence-corrected chi connectivity index (χ0v) is 23.3. The Hall–Kier alpha value is -2.91. The summed E-state index contributed by atoms with van der Waals surface area (Å²) in [5.74, 6) is -0.675. The van der Waals surface area contributed by atoms with Gasteiger partial charge in [-0.25, -0.2) is 4.31 Å². The molecule has 0 saturated carbocycles. The molecule has 8 nitrogen and oxygen atoms in total. The Morgan fingerprint density at radius 2 is 1.64 bits per heavy atom. The van der Waals surface area contributed by atoms with Crippen LogP contribution in [0.15, 0.2) is 48.5 Å². The second kappa shape index (κ2) is 12.9. The van der Waals surface area contributed by atoms with Crippen molar-refractivity contribution in [2.45, 2.75) is 59.5 Å². The van der Waals surface area contributed by atoms with Gasteiger partial charge in [0.05, 0.1) is 5.69 Å². The molecule has 0 bridgehead atoms. The number of aryl methyl sites for hydroxylation is 2. The molecule has 2 aromatic carbocycles. The maximum absolute atomic E-state index is 13.8. The van der Waals surface area contributed by atoms with Crippen molar-refractivity contribution in [1.29, 1.82) is 0 Å². The van der Waals surface area contributed by atoms with E-state index in [4.69, 9.17) is 0 Å². The van der Waals surface area contributed by atoms with Gasteiger partial charge in [-0.15, -0.1) is 0 Å². The molecule has 0 fully saturated rings. The molecule has 0 aliphatic carbocycles. The molecule has 0 aromatic heterocycles. The van der Waals surface area contributed by atoms with E-state index in [-0.39, 0.29) is 18.5 Å². The van der Waals surface area contributed by atoms with Crippen molar-refractivity contribution >= 4 is 27.7 Å². The van der Waals surface area contributed by atoms with Gasteiger partial charge in [0.25, 0.3) is 0 Å². The molecule has 1 N–H and O–H groups in total. The van der Waals surface area contributed by atoms with Crippen molar-refractivity contribution in [2.75, 3.05) is 31.5 Å². The Morgan fingerprint density at radius 3 is 2.19 bits per heavy atom. The summed E-state index contributed by atoms with van der Waals surface area (Å²) in [6, 6.07) is 14.4. The zero-order chi connectivity index (χ0) is 27.0. The standard InChI is InChI=1S/C27H40N4O4S/c1-8-24(27(33)28-20(2)3)30(17-16-23-12-10-9-11-13-23)26(32)19-31(36(34,35)29(6)7)25-18-21(4)14-15-22(25)5/h9-15,18,20,24H,8,16-17,19H2,1-7H3,(H,28,33)/t24-/m0/s1. The number of hydrogen-bond acceptors (Lipinski definition) is 4. The van der Waals surface area contributed by atoms with Crippen LogP contribution >= 0.6 is 0 Å². The average Bonchev–Trinajstić information content (AvgIpc) is 2.81. The number of anilines is 1. The predicted octanol–water partition coefficient (Wildman–Crippen LogP) is 3.29. The van der Waals surface area contributed by atoms with Crippen LogP contribution in [0.1, 0.15) is 43.9 Å². The van der Waals surface area contributed by atoms with Crippen LogP contribution in [0.25, 0.3) is 0 Å². The number of carbonyl (C=O) groups is 2. The van der Waals surface area contributed by atoms with E-state index in [2.05, 4.69) is 5.32 Å². The van der Waals surface area contributed by atoms with Gasteiger partial charge < -0.3 is 10.2 Å². The smallest absolute Gasteiger partial charge is 0.304 e. The molecule has 198 valence electrons. The first-order chi connectivity index (χ1) is 16.9. The Balaban J connectivity index is 2.48. The van der Waals surface area contributed by atoms with Crippen molar-refractivity contribution in [2.24, 2.45) is 0 Å². The molecule has 36 heavy (non-hydrogen) atoms. The lowest BCUT2D eigenvalue weighted by molar-refractivity contribution is -0.139. The van der Waals surface area contributed by atoms with E-state index < -0.39 is 28.7 Å². The topological polar surface area (TPSA) is 90.0 Å². The van der Waals surface area contributed by atoms with Crippen LogP contribution in [0.5, 0.6) is 0 Å². The summed E-state index contributed by atoms with van der Waals surface area (Å²) in [5.41, 5.74) is 3.09. The SMILES string of the molecule is CC[C@@H](C(=O)NC(C)C)N(CCc1ccccc1)C(=O)CN(c1cc(C)ccc1C)S(=O)(=O)N(C)C. The van der Waals surface area contributed by atoms with Crippen LogP contribution < -0.4 is 9.62 Å². The van der Waals surface area contributed by atoms with E-state index in [0.29, 0.717) is 18.5 Å². The summed E-state index contributed by atoms with van der Waals surface area (Å²) in [6.07, 6.45) is 0.949. The van der Waals surface area contributed by atoms with Gasteiger partial charge in [-0.2, -0.15) is 12.7 Å². The Labute approximate surface area is 216 Å². The summed E-state index contributed by atoms with van der Waals surface area (Å²) >= 11 is 0. The fourth-order valence-corrected chi connectivity index (χ4v) is 5.08. The van der Waals surface area contributed by atoms with Gasteiger partial charge in [0.15, 0.2) is 0 Å². The summed E-state index contributed by atoms with van der Waals surface area (Å²) in [4.78, 5) is 28.4. The van der Waals surface area contributed by atoms with E-state index >= 15 is 0 Å². The van der Waals surface area contributed by atoms with Gasteiger partial charge in [0, 0.05) is 26.7 Å². The molecule has 2 rings (SSSR count). The van der Waals surface area contributed by atoms with Crippen LogP contribution in [0.2, 0.25) is 0 Å². The minimum Gasteiger partial charge on any atom is -0.352 e. The highest BCUT2D eigenvalue weighted by Crippen LogP contribution is 2.26. The summed E-state index contributed by atoms with van der Waals surface area (Å²) in [5, 5.41) is 2.90. The quantitative estimate of drug-likeness (QED) is 0.469. The summed E-state index contributed by atoms with van der Waals surface area (Å²) in [7, 11) is -1.10. The van der Waals surface area contributed by atoms with Crippen molar-refractivity contribution < 1.29 is 18.0 Å². The fourth-order valence-electron chi connectivity index (χ4n) is 3.97. The first kappa shape index (κ1) is 29.3. The van der Waals surface area contributed by atoms with Crippen LogP contribution in [-0.4, -0.2) is 68.7 Å². The number of amides is 2. The van der Waals surface area contributed by atoms with Crippen molar-refractivity contribution in [3.63, 3.8) is 0 Å². The lowest BCUT2D eigenvalue weighted by Gasteiger charge is -2.34. The first-order valence-corrected chi connectivity index (χ1v) is 13.7. The number of rotatable bonds is 12. The van der Waals surface area contributed by atoms with Gasteiger partial charge in [0.2, 0.25) is 11.8 Å². The number of carbonyl (C=O) groups excluding carboxylic acids is 2. The predicted molar refractivity (Wildman–Crippen MR) is 145 cm³/mol. The van der Waals surface area contributed by atoms with Crippen molar-refractivity contribution in [1.82, 2.24) is 14.5 Å². The van der Waals surface area contributed by atoms with Crippen molar-refractivity contribution in [3.05, 3.63) is 65.2 Å². The molecule has 0 saturated heterocycles. The van der Waals surface area contributed by atoms with E-state index in [1.807, 2.05) is 77.1 Å². The number of nitrogens with zero attached hydrogens (tertiary/aromatic N) is 3.